The summed E-state index contributed by atoms with van der Waals surface area (Å²) < 4.78 is 17.0. The van der Waals surface area contributed by atoms with Crippen LogP contribution in [-0.2, 0) is 22.6 Å². The Morgan fingerprint density at radius 2 is 1.42 bits per heavy atom. The summed E-state index contributed by atoms with van der Waals surface area (Å²) in [5, 5.41) is 11.7. The summed E-state index contributed by atoms with van der Waals surface area (Å²) in [6, 6.07) is 36.4. The van der Waals surface area contributed by atoms with E-state index in [-0.39, 0.29) is 12.4 Å². The van der Waals surface area contributed by atoms with Gasteiger partial charge in [0.2, 0.25) is 6.23 Å². The number of carbonyl (C=O) groups is 3. The zero-order valence-electron chi connectivity index (χ0n) is 24.1. The van der Waals surface area contributed by atoms with Gasteiger partial charge in [0.05, 0.1) is 0 Å². The number of amides is 1. The molecule has 0 saturated carbocycles. The van der Waals surface area contributed by atoms with Gasteiger partial charge in [0, 0.05) is 22.3 Å². The van der Waals surface area contributed by atoms with Gasteiger partial charge in [-0.05, 0) is 65.1 Å². The SMILES string of the molecule is O=C(O)COc1ccc(C(NC(=O)OCc2ccc3c(c2C(=O)c2ccccc2)-c2ccccc2C3)Oc2ccccc2)cc1. The Morgan fingerprint density at radius 1 is 0.733 bits per heavy atom. The predicted octanol–water partition coefficient (Wildman–Crippen LogP) is 6.96. The molecule has 8 heteroatoms. The van der Waals surface area contributed by atoms with E-state index < -0.39 is 24.9 Å². The number of carboxylic acids is 1. The number of carboxylic acid groups (broad SMARTS) is 1. The predicted molar refractivity (Wildman–Crippen MR) is 167 cm³/mol. The van der Waals surface area contributed by atoms with Crippen LogP contribution in [-0.4, -0.2) is 29.6 Å². The Kier molecular flexibility index (Phi) is 8.55. The quantitative estimate of drug-likeness (QED) is 0.122. The lowest BCUT2D eigenvalue weighted by atomic mass is 9.89. The number of ketones is 1. The third-order valence-electron chi connectivity index (χ3n) is 7.46. The van der Waals surface area contributed by atoms with Gasteiger partial charge >= 0.3 is 12.1 Å². The van der Waals surface area contributed by atoms with Crippen molar-refractivity contribution in [3.8, 4) is 22.6 Å². The van der Waals surface area contributed by atoms with Crippen molar-refractivity contribution in [2.75, 3.05) is 6.61 Å². The van der Waals surface area contributed by atoms with Crippen LogP contribution in [0.25, 0.3) is 11.1 Å². The van der Waals surface area contributed by atoms with Crippen molar-refractivity contribution in [2.45, 2.75) is 19.3 Å². The molecule has 5 aromatic rings. The van der Waals surface area contributed by atoms with Gasteiger partial charge in [0.25, 0.3) is 0 Å². The van der Waals surface area contributed by atoms with E-state index in [0.29, 0.717) is 33.8 Å². The molecule has 1 amide bonds. The number of hydrogen-bond acceptors (Lipinski definition) is 6. The number of aliphatic carboxylic acids is 1. The van der Waals surface area contributed by atoms with Crippen LogP contribution in [0.1, 0.15) is 44.4 Å². The summed E-state index contributed by atoms with van der Waals surface area (Å²) in [5.74, 6) is -0.355. The summed E-state index contributed by atoms with van der Waals surface area (Å²) in [5.41, 5.74) is 6.31. The molecule has 0 aromatic heterocycles. The topological polar surface area (TPSA) is 111 Å². The molecule has 6 rings (SSSR count). The first-order valence-corrected chi connectivity index (χ1v) is 14.4. The molecule has 2 N–H and O–H groups in total. The summed E-state index contributed by atoms with van der Waals surface area (Å²) in [6.07, 6.45) is -0.965. The van der Waals surface area contributed by atoms with Crippen molar-refractivity contribution >= 4 is 17.8 Å². The Hall–Kier alpha value is -5.89. The summed E-state index contributed by atoms with van der Waals surface area (Å²) in [4.78, 5) is 38.0. The van der Waals surface area contributed by atoms with E-state index in [0.717, 1.165) is 28.7 Å². The van der Waals surface area contributed by atoms with Gasteiger partial charge in [0.15, 0.2) is 12.4 Å². The molecule has 0 heterocycles. The molecular formula is C37H29NO7. The summed E-state index contributed by atoms with van der Waals surface area (Å²) >= 11 is 0. The fourth-order valence-electron chi connectivity index (χ4n) is 5.37. The van der Waals surface area contributed by atoms with Crippen molar-refractivity contribution in [3.63, 3.8) is 0 Å². The van der Waals surface area contributed by atoms with Gasteiger partial charge in [-0.3, -0.25) is 10.1 Å². The van der Waals surface area contributed by atoms with Crippen LogP contribution >= 0.6 is 0 Å². The third kappa shape index (κ3) is 6.70. The molecule has 0 aliphatic heterocycles. The zero-order chi connectivity index (χ0) is 31.2. The maximum atomic E-state index is 13.9. The van der Waals surface area contributed by atoms with Crippen molar-refractivity contribution in [3.05, 3.63) is 155 Å². The van der Waals surface area contributed by atoms with Crippen LogP contribution < -0.4 is 14.8 Å². The molecule has 1 aliphatic rings. The van der Waals surface area contributed by atoms with Crippen molar-refractivity contribution in [2.24, 2.45) is 0 Å². The van der Waals surface area contributed by atoms with E-state index in [2.05, 4.69) is 11.4 Å². The van der Waals surface area contributed by atoms with Crippen LogP contribution in [0.2, 0.25) is 0 Å². The molecule has 224 valence electrons. The van der Waals surface area contributed by atoms with E-state index in [9.17, 15) is 14.4 Å². The highest BCUT2D eigenvalue weighted by atomic mass is 16.6. The minimum absolute atomic E-state index is 0.140. The van der Waals surface area contributed by atoms with E-state index in [4.69, 9.17) is 19.3 Å². The number of alkyl carbamates (subject to hydrolysis) is 1. The lowest BCUT2D eigenvalue weighted by Crippen LogP contribution is -2.32. The van der Waals surface area contributed by atoms with Gasteiger partial charge in [-0.2, -0.15) is 0 Å². The van der Waals surface area contributed by atoms with Crippen LogP contribution in [0.3, 0.4) is 0 Å². The van der Waals surface area contributed by atoms with Crippen LogP contribution in [0.4, 0.5) is 4.79 Å². The highest BCUT2D eigenvalue weighted by molar-refractivity contribution is 6.15. The first kappa shape index (κ1) is 29.2. The lowest BCUT2D eigenvalue weighted by Gasteiger charge is -2.21. The fourth-order valence-corrected chi connectivity index (χ4v) is 5.37. The molecular weight excluding hydrogens is 570 g/mol. The Bertz CT molecular complexity index is 1840. The molecule has 5 aromatic carbocycles. The van der Waals surface area contributed by atoms with Crippen LogP contribution in [0.5, 0.6) is 11.5 Å². The minimum atomic E-state index is -1.09. The normalized spacial score (nSPS) is 11.9. The molecule has 0 saturated heterocycles. The van der Waals surface area contributed by atoms with Gasteiger partial charge in [-0.1, -0.05) is 84.9 Å². The first-order chi connectivity index (χ1) is 22.0. The molecule has 0 spiro atoms. The number of carbonyl (C=O) groups excluding carboxylic acids is 2. The lowest BCUT2D eigenvalue weighted by molar-refractivity contribution is -0.139. The maximum Gasteiger partial charge on any atom is 0.410 e. The van der Waals surface area contributed by atoms with E-state index in [1.165, 1.54) is 0 Å². The highest BCUT2D eigenvalue weighted by Crippen LogP contribution is 2.41. The number of ether oxygens (including phenoxy) is 3. The number of fused-ring (bicyclic) bond motifs is 3. The third-order valence-corrected chi connectivity index (χ3v) is 7.46. The molecule has 45 heavy (non-hydrogen) atoms. The number of nitrogens with one attached hydrogen (secondary N) is 1. The van der Waals surface area contributed by atoms with Crippen molar-refractivity contribution in [1.82, 2.24) is 5.32 Å². The molecule has 0 radical (unpaired) electrons. The Morgan fingerprint density at radius 3 is 2.16 bits per heavy atom. The summed E-state index contributed by atoms with van der Waals surface area (Å²) in [7, 11) is 0. The van der Waals surface area contributed by atoms with Gasteiger partial charge in [-0.15, -0.1) is 0 Å². The Balaban J connectivity index is 1.25. The maximum absolute atomic E-state index is 13.9. The van der Waals surface area contributed by atoms with Crippen LogP contribution in [0.15, 0.2) is 121 Å². The van der Waals surface area contributed by atoms with Crippen LogP contribution in [0, 0.1) is 0 Å². The number of rotatable bonds is 11. The highest BCUT2D eigenvalue weighted by Gasteiger charge is 2.28. The minimum Gasteiger partial charge on any atom is -0.482 e. The van der Waals surface area contributed by atoms with E-state index in [1.807, 2.05) is 66.7 Å². The second kappa shape index (κ2) is 13.2. The number of benzene rings is 5. The molecule has 1 atom stereocenters. The Labute approximate surface area is 259 Å². The van der Waals surface area contributed by atoms with E-state index >= 15 is 0 Å². The molecule has 0 fully saturated rings. The van der Waals surface area contributed by atoms with Crippen molar-refractivity contribution in [1.29, 1.82) is 0 Å². The molecule has 8 nitrogen and oxygen atoms in total. The van der Waals surface area contributed by atoms with Crippen molar-refractivity contribution < 1.29 is 33.7 Å². The van der Waals surface area contributed by atoms with Gasteiger partial charge < -0.3 is 19.3 Å². The molecule has 1 aliphatic carbocycles. The smallest absolute Gasteiger partial charge is 0.410 e. The monoisotopic (exact) mass is 599 g/mol. The second-order valence-electron chi connectivity index (χ2n) is 10.4. The average Bonchev–Trinajstić information content (AvgIpc) is 3.45. The molecule has 1 unspecified atom stereocenters. The standard InChI is InChI=1S/C37H29NO7/c39-32(40)23-43-29-19-17-25(18-20-29)36(45-30-12-5-2-6-13-30)38-37(42)44-22-28-16-15-27-21-26-11-7-8-14-31(26)33(27)34(28)35(41)24-9-3-1-4-10-24/h1-20,36H,21-23H2,(H,38,42)(H,39,40). The average molecular weight is 600 g/mol. The fraction of sp³-hybridized carbons (Fsp3) is 0.108. The van der Waals surface area contributed by atoms with E-state index in [1.54, 1.807) is 48.5 Å². The van der Waals surface area contributed by atoms with Gasteiger partial charge in [-0.25, -0.2) is 9.59 Å². The largest absolute Gasteiger partial charge is 0.482 e. The number of para-hydroxylation sites is 1. The second-order valence-corrected chi connectivity index (χ2v) is 10.4. The van der Waals surface area contributed by atoms with Gasteiger partial charge in [0.1, 0.15) is 18.1 Å². The summed E-state index contributed by atoms with van der Waals surface area (Å²) in [6.45, 7) is -0.619. The zero-order valence-corrected chi connectivity index (χ0v) is 24.1. The number of hydrogen-bond donors (Lipinski definition) is 2. The molecule has 0 bridgehead atoms. The first-order valence-electron chi connectivity index (χ1n) is 14.4.